The van der Waals surface area contributed by atoms with Crippen LogP contribution in [0.1, 0.15) is 40.3 Å². The Balaban J connectivity index is 1.49. The number of aryl methyl sites for hydroxylation is 1. The Bertz CT molecular complexity index is 1260. The number of hydrogen-bond acceptors (Lipinski definition) is 2. The molecule has 1 unspecified atom stereocenters. The predicted molar refractivity (Wildman–Crippen MR) is 118 cm³/mol. The molecule has 2 aromatic carbocycles. The fraction of sp³-hybridized carbons (Fsp3) is 0.231. The highest BCUT2D eigenvalue weighted by molar-refractivity contribution is 5.78. The van der Waals surface area contributed by atoms with E-state index in [2.05, 4.69) is 17.1 Å². The number of carbonyl (C=O) groups excluding carboxylic acids is 1. The number of rotatable bonds is 4. The highest BCUT2D eigenvalue weighted by Crippen LogP contribution is 2.32. The van der Waals surface area contributed by atoms with Gasteiger partial charge in [0.15, 0.2) is 0 Å². The summed E-state index contributed by atoms with van der Waals surface area (Å²) in [7, 11) is 0. The summed E-state index contributed by atoms with van der Waals surface area (Å²) in [5.41, 5.74) is 5.75. The zero-order valence-electron chi connectivity index (χ0n) is 17.5. The van der Waals surface area contributed by atoms with Gasteiger partial charge in [-0.05, 0) is 53.8 Å². The van der Waals surface area contributed by atoms with Crippen LogP contribution in [0, 0.1) is 12.7 Å². The highest BCUT2D eigenvalue weighted by Gasteiger charge is 2.28. The molecule has 0 saturated carbocycles. The van der Waals surface area contributed by atoms with Gasteiger partial charge in [-0.1, -0.05) is 42.5 Å². The Morgan fingerprint density at radius 2 is 1.87 bits per heavy atom. The van der Waals surface area contributed by atoms with Crippen LogP contribution in [0.15, 0.2) is 73.1 Å². The van der Waals surface area contributed by atoms with Gasteiger partial charge in [0.25, 0.3) is 0 Å². The van der Waals surface area contributed by atoms with Gasteiger partial charge in [-0.2, -0.15) is 0 Å². The van der Waals surface area contributed by atoms with E-state index in [4.69, 9.17) is 0 Å². The van der Waals surface area contributed by atoms with E-state index in [9.17, 15) is 9.18 Å². The molecule has 5 rings (SSSR count). The smallest absolute Gasteiger partial charge is 0.223 e. The monoisotopic (exact) mass is 413 g/mol. The molecule has 0 bridgehead atoms. The Labute approximate surface area is 181 Å². The number of pyridine rings is 1. The molecule has 0 spiro atoms. The molecule has 0 aliphatic carbocycles. The Morgan fingerprint density at radius 3 is 2.71 bits per heavy atom. The third-order valence-corrected chi connectivity index (χ3v) is 6.20. The number of carbonyl (C=O) groups is 1. The SMILES string of the molecule is Cc1ccn2c(C(CC(=O)N3CCc4ccccc4C3)c3ccccc3F)cnc2c1. The standard InChI is InChI=1S/C26H24FN3O/c1-18-10-13-30-24(16-28-25(30)14-18)22(21-8-4-5-9-23(21)27)15-26(31)29-12-11-19-6-2-3-7-20(19)17-29/h2-10,13-14,16,22H,11-12,15,17H2,1H3. The second-order valence-corrected chi connectivity index (χ2v) is 8.23. The van der Waals surface area contributed by atoms with Crippen molar-refractivity contribution in [2.45, 2.75) is 32.2 Å². The third-order valence-electron chi connectivity index (χ3n) is 6.20. The summed E-state index contributed by atoms with van der Waals surface area (Å²) in [5, 5.41) is 0. The zero-order valence-corrected chi connectivity index (χ0v) is 17.5. The molecule has 1 amide bonds. The van der Waals surface area contributed by atoms with E-state index in [0.29, 0.717) is 18.7 Å². The van der Waals surface area contributed by atoms with E-state index < -0.39 is 5.92 Å². The van der Waals surface area contributed by atoms with Gasteiger partial charge in [-0.15, -0.1) is 0 Å². The third kappa shape index (κ3) is 3.72. The van der Waals surface area contributed by atoms with Crippen molar-refractivity contribution < 1.29 is 9.18 Å². The fourth-order valence-electron chi connectivity index (χ4n) is 4.50. The van der Waals surface area contributed by atoms with Crippen molar-refractivity contribution in [3.63, 3.8) is 0 Å². The van der Waals surface area contributed by atoms with Gasteiger partial charge in [0.05, 0.1) is 5.69 Å². The molecule has 1 atom stereocenters. The number of halogens is 1. The molecule has 1 aliphatic rings. The van der Waals surface area contributed by atoms with Crippen LogP contribution in [0.4, 0.5) is 4.39 Å². The first-order valence-corrected chi connectivity index (χ1v) is 10.6. The lowest BCUT2D eigenvalue weighted by Gasteiger charge is -2.30. The number of aromatic nitrogens is 2. The van der Waals surface area contributed by atoms with Gasteiger partial charge in [-0.3, -0.25) is 4.79 Å². The van der Waals surface area contributed by atoms with E-state index in [1.807, 2.05) is 52.8 Å². The Kier molecular flexibility index (Phi) is 5.02. The van der Waals surface area contributed by atoms with Crippen LogP contribution in [0.2, 0.25) is 0 Å². The number of hydrogen-bond donors (Lipinski definition) is 0. The van der Waals surface area contributed by atoms with Gasteiger partial charge >= 0.3 is 0 Å². The summed E-state index contributed by atoms with van der Waals surface area (Å²) in [6, 6.07) is 19.0. The van der Waals surface area contributed by atoms with Crippen molar-refractivity contribution in [3.8, 4) is 0 Å². The Hall–Kier alpha value is -3.47. The first-order chi connectivity index (χ1) is 15.1. The summed E-state index contributed by atoms with van der Waals surface area (Å²) in [4.78, 5) is 19.8. The maximum Gasteiger partial charge on any atom is 0.223 e. The van der Waals surface area contributed by atoms with E-state index in [1.165, 1.54) is 17.2 Å². The van der Waals surface area contributed by atoms with Crippen molar-refractivity contribution in [1.29, 1.82) is 0 Å². The first-order valence-electron chi connectivity index (χ1n) is 10.6. The molecule has 0 saturated heterocycles. The molecular formula is C26H24FN3O. The largest absolute Gasteiger partial charge is 0.338 e. The number of imidazole rings is 1. The van der Waals surface area contributed by atoms with E-state index in [-0.39, 0.29) is 18.1 Å². The van der Waals surface area contributed by atoms with Crippen molar-refractivity contribution in [1.82, 2.24) is 14.3 Å². The second kappa shape index (κ2) is 7.99. The number of nitrogens with zero attached hydrogens (tertiary/aromatic N) is 3. The maximum atomic E-state index is 14.8. The second-order valence-electron chi connectivity index (χ2n) is 8.23. The van der Waals surface area contributed by atoms with Crippen LogP contribution in [-0.2, 0) is 17.8 Å². The minimum atomic E-state index is -0.413. The lowest BCUT2D eigenvalue weighted by molar-refractivity contribution is -0.132. The maximum absolute atomic E-state index is 14.8. The summed E-state index contributed by atoms with van der Waals surface area (Å²) in [5.74, 6) is -0.681. The summed E-state index contributed by atoms with van der Waals surface area (Å²) in [6.45, 7) is 3.30. The quantitative estimate of drug-likeness (QED) is 0.478. The van der Waals surface area contributed by atoms with Gasteiger partial charge in [0.2, 0.25) is 5.91 Å². The Morgan fingerprint density at radius 1 is 1.10 bits per heavy atom. The molecule has 31 heavy (non-hydrogen) atoms. The molecule has 2 aromatic heterocycles. The van der Waals surface area contributed by atoms with Crippen molar-refractivity contribution in [3.05, 3.63) is 107 Å². The van der Waals surface area contributed by atoms with Crippen LogP contribution in [0.3, 0.4) is 0 Å². The van der Waals surface area contributed by atoms with Gasteiger partial charge in [-0.25, -0.2) is 9.37 Å². The molecule has 5 heteroatoms. The number of fused-ring (bicyclic) bond motifs is 2. The van der Waals surface area contributed by atoms with Gasteiger partial charge in [0, 0.05) is 37.8 Å². The predicted octanol–water partition coefficient (Wildman–Crippen LogP) is 4.89. The van der Waals surface area contributed by atoms with E-state index in [1.54, 1.807) is 18.3 Å². The normalized spacial score (nSPS) is 14.5. The molecule has 0 radical (unpaired) electrons. The van der Waals surface area contributed by atoms with Crippen LogP contribution in [-0.4, -0.2) is 26.7 Å². The van der Waals surface area contributed by atoms with Gasteiger partial charge in [0.1, 0.15) is 11.5 Å². The molecule has 1 aliphatic heterocycles. The minimum absolute atomic E-state index is 0.0322. The molecule has 0 N–H and O–H groups in total. The first kappa shape index (κ1) is 19.5. The van der Waals surface area contributed by atoms with E-state index in [0.717, 1.165) is 23.3 Å². The van der Waals surface area contributed by atoms with Crippen LogP contribution < -0.4 is 0 Å². The topological polar surface area (TPSA) is 37.6 Å². The van der Waals surface area contributed by atoms with Crippen molar-refractivity contribution in [2.75, 3.05) is 6.54 Å². The fourth-order valence-corrected chi connectivity index (χ4v) is 4.50. The van der Waals surface area contributed by atoms with Crippen LogP contribution in [0.25, 0.3) is 5.65 Å². The molecular weight excluding hydrogens is 389 g/mol. The molecule has 3 heterocycles. The number of amides is 1. The van der Waals surface area contributed by atoms with Crippen molar-refractivity contribution in [2.24, 2.45) is 0 Å². The average Bonchev–Trinajstić information content (AvgIpc) is 3.20. The van der Waals surface area contributed by atoms with Gasteiger partial charge < -0.3 is 9.30 Å². The minimum Gasteiger partial charge on any atom is -0.338 e. The van der Waals surface area contributed by atoms with Crippen molar-refractivity contribution >= 4 is 11.6 Å². The lowest BCUT2D eigenvalue weighted by Crippen LogP contribution is -2.36. The number of benzene rings is 2. The highest BCUT2D eigenvalue weighted by atomic mass is 19.1. The molecule has 156 valence electrons. The molecule has 4 nitrogen and oxygen atoms in total. The zero-order chi connectivity index (χ0) is 21.4. The molecule has 0 fully saturated rings. The summed E-state index contributed by atoms with van der Waals surface area (Å²) < 4.78 is 16.8. The molecule has 4 aromatic rings. The van der Waals surface area contributed by atoms with Crippen LogP contribution in [0.5, 0.6) is 0 Å². The van der Waals surface area contributed by atoms with Crippen LogP contribution >= 0.6 is 0 Å². The summed E-state index contributed by atoms with van der Waals surface area (Å²) in [6.07, 6.45) is 4.76. The lowest BCUT2D eigenvalue weighted by atomic mass is 9.91. The van der Waals surface area contributed by atoms with E-state index >= 15 is 0 Å². The average molecular weight is 413 g/mol. The summed E-state index contributed by atoms with van der Waals surface area (Å²) >= 11 is 0.